The Kier molecular flexibility index (Phi) is 9.25. The Labute approximate surface area is 231 Å². The Morgan fingerprint density at radius 2 is 1.70 bits per heavy atom. The van der Waals surface area contributed by atoms with E-state index in [1.807, 2.05) is 0 Å². The summed E-state index contributed by atoms with van der Waals surface area (Å²) in [7, 11) is 3.04. The number of carbonyl (C=O) groups excluding carboxylic acids is 2. The second-order valence-electron chi connectivity index (χ2n) is 9.43. The van der Waals surface area contributed by atoms with Crippen molar-refractivity contribution in [1.29, 1.82) is 0 Å². The fraction of sp³-hybridized carbons (Fsp3) is 0.464. The summed E-state index contributed by atoms with van der Waals surface area (Å²) in [6, 6.07) is 10.7. The average molecular weight is 560 g/mol. The van der Waals surface area contributed by atoms with E-state index >= 15 is 0 Å². The molecule has 2 saturated heterocycles. The van der Waals surface area contributed by atoms with Gasteiger partial charge in [-0.25, -0.2) is 4.79 Å². The number of rotatable bonds is 10. The Hall–Kier alpha value is -3.71. The zero-order chi connectivity index (χ0) is 29.0. The Balaban J connectivity index is 1.64. The molecular weight excluding hydrogens is 526 g/mol. The molecule has 2 aromatic rings. The van der Waals surface area contributed by atoms with Crippen molar-refractivity contribution in [3.63, 3.8) is 0 Å². The van der Waals surface area contributed by atoms with Crippen LogP contribution in [-0.2, 0) is 28.5 Å². The molecule has 7 atom stereocenters. The summed E-state index contributed by atoms with van der Waals surface area (Å²) in [4.78, 5) is 35.6. The van der Waals surface area contributed by atoms with Crippen molar-refractivity contribution in [1.82, 2.24) is 5.32 Å². The number of nitrogens with one attached hydrogen (secondary N) is 1. The molecule has 0 radical (unpaired) electrons. The summed E-state index contributed by atoms with van der Waals surface area (Å²) in [6.07, 6.45) is -5.77. The predicted molar refractivity (Wildman–Crippen MR) is 138 cm³/mol. The van der Waals surface area contributed by atoms with Crippen molar-refractivity contribution in [3.8, 4) is 17.2 Å². The van der Waals surface area contributed by atoms with E-state index in [4.69, 9.17) is 33.2 Å². The number of benzene rings is 2. The van der Waals surface area contributed by atoms with Crippen molar-refractivity contribution in [2.45, 2.75) is 63.8 Å². The van der Waals surface area contributed by atoms with Crippen LogP contribution in [0, 0.1) is 0 Å². The van der Waals surface area contributed by atoms with Crippen LogP contribution < -0.4 is 19.5 Å². The minimum absolute atomic E-state index is 0.0565. The molecule has 2 aliphatic rings. The zero-order valence-corrected chi connectivity index (χ0v) is 22.8. The summed E-state index contributed by atoms with van der Waals surface area (Å²) >= 11 is 0. The molecule has 0 aromatic heterocycles. The molecule has 7 unspecified atom stereocenters. The van der Waals surface area contributed by atoms with Crippen LogP contribution in [0.5, 0.6) is 17.2 Å². The maximum atomic E-state index is 12.2. The molecule has 0 aliphatic carbocycles. The molecule has 2 fully saturated rings. The Morgan fingerprint density at radius 3 is 2.30 bits per heavy atom. The third-order valence-electron chi connectivity index (χ3n) is 6.61. The zero-order valence-electron chi connectivity index (χ0n) is 22.8. The SMILES string of the molecule is COc1ccc(C2OCC3OC(Oc4ccc(C(C)=O)cc4)C(NC(C)=O)C(OC(C)C(=O)O)C3O2)cc1OC. The third kappa shape index (κ3) is 6.53. The number of methoxy groups -OCH3 is 2. The molecule has 2 aliphatic heterocycles. The molecular formula is C28H33NO11. The van der Waals surface area contributed by atoms with Crippen molar-refractivity contribution >= 4 is 17.7 Å². The Bertz CT molecular complexity index is 1220. The first kappa shape index (κ1) is 29.3. The highest BCUT2D eigenvalue weighted by Crippen LogP contribution is 2.38. The molecule has 40 heavy (non-hydrogen) atoms. The van der Waals surface area contributed by atoms with Gasteiger partial charge in [-0.2, -0.15) is 0 Å². The van der Waals surface area contributed by atoms with Crippen LogP contribution in [0.3, 0.4) is 0 Å². The van der Waals surface area contributed by atoms with Gasteiger partial charge in [-0.1, -0.05) is 6.07 Å². The van der Waals surface area contributed by atoms with E-state index in [0.717, 1.165) is 0 Å². The van der Waals surface area contributed by atoms with E-state index < -0.39 is 54.9 Å². The van der Waals surface area contributed by atoms with Gasteiger partial charge >= 0.3 is 5.97 Å². The van der Waals surface area contributed by atoms with Crippen molar-refractivity contribution in [3.05, 3.63) is 53.6 Å². The molecule has 1 amide bonds. The van der Waals surface area contributed by atoms with Gasteiger partial charge in [0.2, 0.25) is 12.2 Å². The van der Waals surface area contributed by atoms with Gasteiger partial charge in [0.1, 0.15) is 30.1 Å². The largest absolute Gasteiger partial charge is 0.493 e. The summed E-state index contributed by atoms with van der Waals surface area (Å²) in [5.74, 6) is -0.329. The highest BCUT2D eigenvalue weighted by molar-refractivity contribution is 5.94. The van der Waals surface area contributed by atoms with Gasteiger partial charge in [0.05, 0.1) is 20.8 Å². The number of hydrogen-bond acceptors (Lipinski definition) is 10. The first-order valence-electron chi connectivity index (χ1n) is 12.7. The van der Waals surface area contributed by atoms with Crippen molar-refractivity contribution in [2.75, 3.05) is 20.8 Å². The quantitative estimate of drug-likeness (QED) is 0.414. The van der Waals surface area contributed by atoms with Gasteiger partial charge in [-0.3, -0.25) is 9.59 Å². The second kappa shape index (κ2) is 12.6. The van der Waals surface area contributed by atoms with E-state index in [1.54, 1.807) is 42.5 Å². The predicted octanol–water partition coefficient (Wildman–Crippen LogP) is 2.49. The highest BCUT2D eigenvalue weighted by Gasteiger charge is 2.53. The lowest BCUT2D eigenvalue weighted by Gasteiger charge is -2.49. The van der Waals surface area contributed by atoms with Gasteiger partial charge < -0.3 is 43.6 Å². The number of fused-ring (bicyclic) bond motifs is 1. The average Bonchev–Trinajstić information content (AvgIpc) is 2.94. The number of ether oxygens (including phenoxy) is 7. The standard InChI is InChI=1S/C28H33NO11/c1-14(30)17-6-9-19(10-7-17)38-28-23(29-16(3)31)25(37-15(2)26(32)33)24-22(39-28)13-36-27(40-24)18-8-11-20(34-4)21(12-18)35-5/h6-12,15,22-25,27-28H,13H2,1-5H3,(H,29,31)(H,32,33). The van der Waals surface area contributed by atoms with Gasteiger partial charge in [0.25, 0.3) is 0 Å². The minimum Gasteiger partial charge on any atom is -0.493 e. The van der Waals surface area contributed by atoms with E-state index in [1.165, 1.54) is 35.0 Å². The van der Waals surface area contributed by atoms with Gasteiger partial charge in [0, 0.05) is 18.1 Å². The summed E-state index contributed by atoms with van der Waals surface area (Å²) in [6.45, 7) is 4.22. The first-order chi connectivity index (χ1) is 19.1. The van der Waals surface area contributed by atoms with Crippen LogP contribution in [0.2, 0.25) is 0 Å². The van der Waals surface area contributed by atoms with E-state index in [9.17, 15) is 19.5 Å². The lowest BCUT2D eigenvalue weighted by Crippen LogP contribution is -2.68. The van der Waals surface area contributed by atoms with Gasteiger partial charge in [-0.05, 0) is 50.2 Å². The van der Waals surface area contributed by atoms with E-state index in [0.29, 0.717) is 28.4 Å². The van der Waals surface area contributed by atoms with Crippen LogP contribution in [0.4, 0.5) is 0 Å². The number of carboxylic acid groups (broad SMARTS) is 1. The summed E-state index contributed by atoms with van der Waals surface area (Å²) in [5, 5.41) is 12.4. The van der Waals surface area contributed by atoms with E-state index in [-0.39, 0.29) is 12.4 Å². The topological polar surface area (TPSA) is 148 Å². The number of ketones is 1. The first-order valence-corrected chi connectivity index (χ1v) is 12.7. The van der Waals surface area contributed by atoms with Crippen LogP contribution in [0.15, 0.2) is 42.5 Å². The lowest BCUT2D eigenvalue weighted by atomic mass is 9.95. The number of hydrogen-bond donors (Lipinski definition) is 2. The molecule has 2 aromatic carbocycles. The molecule has 12 nitrogen and oxygen atoms in total. The molecule has 0 bridgehead atoms. The molecule has 0 spiro atoms. The number of carboxylic acids is 1. The minimum atomic E-state index is -1.23. The number of Topliss-reactive ketones (excluding diaryl/α,β-unsaturated/α-hetero) is 1. The molecule has 0 saturated carbocycles. The van der Waals surface area contributed by atoms with Crippen LogP contribution in [0.25, 0.3) is 0 Å². The number of amides is 1. The summed E-state index contributed by atoms with van der Waals surface area (Å²) in [5.41, 5.74) is 1.13. The molecule has 2 N–H and O–H groups in total. The normalized spacial score (nSPS) is 26.6. The molecule has 216 valence electrons. The van der Waals surface area contributed by atoms with E-state index in [2.05, 4.69) is 5.32 Å². The second-order valence-corrected chi connectivity index (χ2v) is 9.43. The van der Waals surface area contributed by atoms with Crippen LogP contribution >= 0.6 is 0 Å². The van der Waals surface area contributed by atoms with Crippen molar-refractivity contribution < 1.29 is 52.6 Å². The molecule has 2 heterocycles. The maximum Gasteiger partial charge on any atom is 0.332 e. The monoisotopic (exact) mass is 559 g/mol. The van der Waals surface area contributed by atoms with Crippen molar-refractivity contribution in [2.24, 2.45) is 0 Å². The van der Waals surface area contributed by atoms with Gasteiger partial charge in [0.15, 0.2) is 29.7 Å². The molecule has 12 heteroatoms. The fourth-order valence-corrected chi connectivity index (χ4v) is 4.59. The fourth-order valence-electron chi connectivity index (χ4n) is 4.59. The third-order valence-corrected chi connectivity index (χ3v) is 6.61. The number of carbonyl (C=O) groups is 3. The highest BCUT2D eigenvalue weighted by atomic mass is 16.8. The van der Waals surface area contributed by atoms with Gasteiger partial charge in [-0.15, -0.1) is 0 Å². The maximum absolute atomic E-state index is 12.2. The lowest BCUT2D eigenvalue weighted by molar-refractivity contribution is -0.340. The van der Waals surface area contributed by atoms with Crippen LogP contribution in [-0.4, -0.2) is 80.3 Å². The molecule has 4 rings (SSSR count). The number of aliphatic carboxylic acids is 1. The summed E-state index contributed by atoms with van der Waals surface area (Å²) < 4.78 is 41.2. The van der Waals surface area contributed by atoms with Crippen LogP contribution in [0.1, 0.15) is 43.0 Å². The Morgan fingerprint density at radius 1 is 1.00 bits per heavy atom. The smallest absolute Gasteiger partial charge is 0.332 e.